The minimum atomic E-state index is -0.410. The molecule has 1 aliphatic carbocycles. The summed E-state index contributed by atoms with van der Waals surface area (Å²) in [5.41, 5.74) is 3.32. The third-order valence-corrected chi connectivity index (χ3v) is 5.10. The van der Waals surface area contributed by atoms with E-state index in [2.05, 4.69) is 27.0 Å². The molecule has 9 heteroatoms. The Kier molecular flexibility index (Phi) is 4.43. The quantitative estimate of drug-likeness (QED) is 0.418. The van der Waals surface area contributed by atoms with Crippen molar-refractivity contribution in [2.24, 2.45) is 0 Å². The number of rotatable bonds is 5. The number of H-pyrrole nitrogens is 2. The van der Waals surface area contributed by atoms with Crippen molar-refractivity contribution >= 4 is 30.1 Å². The highest BCUT2D eigenvalue weighted by atomic mass is 16.5. The van der Waals surface area contributed by atoms with Crippen LogP contribution in [-0.2, 0) is 4.74 Å². The summed E-state index contributed by atoms with van der Waals surface area (Å²) < 4.78 is 6.56. The maximum absolute atomic E-state index is 12.1. The molecule has 156 valence electrons. The van der Waals surface area contributed by atoms with E-state index < -0.39 is 5.97 Å². The van der Waals surface area contributed by atoms with Crippen LogP contribution in [-0.4, -0.2) is 43.7 Å². The van der Waals surface area contributed by atoms with Crippen LogP contribution >= 0.6 is 0 Å². The summed E-state index contributed by atoms with van der Waals surface area (Å²) in [6.07, 6.45) is 5.55. The van der Waals surface area contributed by atoms with Crippen molar-refractivity contribution in [2.75, 3.05) is 12.4 Å². The van der Waals surface area contributed by atoms with E-state index in [0.717, 1.165) is 24.2 Å². The van der Waals surface area contributed by atoms with E-state index in [4.69, 9.17) is 9.72 Å². The van der Waals surface area contributed by atoms with E-state index in [-0.39, 0.29) is 5.56 Å². The molecule has 3 N–H and O–H groups in total. The number of carbonyl (C=O) groups is 1. The number of aromatic amines is 2. The van der Waals surface area contributed by atoms with E-state index in [1.165, 1.54) is 7.11 Å². The number of hydrogen-bond donors (Lipinski definition) is 3. The molecule has 4 aromatic rings. The van der Waals surface area contributed by atoms with Crippen molar-refractivity contribution in [3.63, 3.8) is 0 Å². The van der Waals surface area contributed by atoms with Gasteiger partial charge in [-0.05, 0) is 31.1 Å². The van der Waals surface area contributed by atoms with Gasteiger partial charge in [-0.2, -0.15) is 9.61 Å². The van der Waals surface area contributed by atoms with E-state index in [9.17, 15) is 9.59 Å². The highest BCUT2D eigenvalue weighted by Gasteiger charge is 2.23. The standard InChI is InChI=1S/C22H20N6O3/c1-12-24-18(21(29)25-12)9-15-11-23-28-19(26-16-6-7-16)10-17(27-20(15)28)13-4-3-5-14(8-13)22(30)31-2/h3-5,8-11,16,24,26H,1,6-7H2,2H3,(H,25,29)/b18-9-. The molecule has 3 aromatic heterocycles. The highest BCUT2D eigenvalue weighted by Crippen LogP contribution is 2.29. The fourth-order valence-electron chi connectivity index (χ4n) is 3.40. The lowest BCUT2D eigenvalue weighted by molar-refractivity contribution is 0.0601. The Bertz CT molecular complexity index is 1480. The molecule has 1 saturated carbocycles. The Morgan fingerprint density at radius 3 is 2.87 bits per heavy atom. The number of fused-ring (bicyclic) bond motifs is 1. The number of imidazole rings is 1. The van der Waals surface area contributed by atoms with E-state index in [1.54, 1.807) is 35.0 Å². The SMILES string of the molecule is C=c1[nH]c(=O)/c(=C/c2cnn3c(NC4CC4)cc(-c4cccc(C(=O)OC)c4)nc23)[nH]1. The molecule has 1 aromatic carbocycles. The number of aromatic nitrogens is 5. The van der Waals surface area contributed by atoms with Gasteiger partial charge in [-0.3, -0.25) is 4.79 Å². The zero-order chi connectivity index (χ0) is 21.5. The van der Waals surface area contributed by atoms with E-state index in [0.29, 0.717) is 39.3 Å². The van der Waals surface area contributed by atoms with Gasteiger partial charge in [0.15, 0.2) is 5.65 Å². The highest BCUT2D eigenvalue weighted by molar-refractivity contribution is 5.91. The first-order valence-electron chi connectivity index (χ1n) is 9.85. The van der Waals surface area contributed by atoms with Crippen molar-refractivity contribution in [3.8, 4) is 11.3 Å². The minimum Gasteiger partial charge on any atom is -0.465 e. The third-order valence-electron chi connectivity index (χ3n) is 5.10. The van der Waals surface area contributed by atoms with Crippen LogP contribution in [0, 0.1) is 0 Å². The summed E-state index contributed by atoms with van der Waals surface area (Å²) >= 11 is 0. The summed E-state index contributed by atoms with van der Waals surface area (Å²) in [5, 5.41) is 8.32. The Balaban J connectivity index is 1.70. The van der Waals surface area contributed by atoms with Gasteiger partial charge in [0.1, 0.15) is 16.6 Å². The fourth-order valence-corrected chi connectivity index (χ4v) is 3.40. The number of esters is 1. The largest absolute Gasteiger partial charge is 0.465 e. The molecule has 3 heterocycles. The topological polar surface area (TPSA) is 117 Å². The van der Waals surface area contributed by atoms with Crippen LogP contribution in [0.5, 0.6) is 0 Å². The summed E-state index contributed by atoms with van der Waals surface area (Å²) in [6, 6.07) is 9.43. The van der Waals surface area contributed by atoms with Crippen LogP contribution in [0.4, 0.5) is 5.82 Å². The van der Waals surface area contributed by atoms with E-state index >= 15 is 0 Å². The average Bonchev–Trinajstić information content (AvgIpc) is 3.41. The first-order chi connectivity index (χ1) is 15.0. The molecule has 0 spiro atoms. The number of nitrogens with one attached hydrogen (secondary N) is 3. The lowest BCUT2D eigenvalue weighted by Gasteiger charge is -2.11. The maximum atomic E-state index is 12.1. The summed E-state index contributed by atoms with van der Waals surface area (Å²) in [6.45, 7) is 3.72. The normalized spacial score (nSPS) is 14.2. The predicted molar refractivity (Wildman–Crippen MR) is 116 cm³/mol. The first-order valence-corrected chi connectivity index (χ1v) is 9.85. The van der Waals surface area contributed by atoms with Gasteiger partial charge in [0.05, 0.1) is 24.6 Å². The molecular formula is C22H20N6O3. The first kappa shape index (κ1) is 18.9. The second-order valence-corrected chi connectivity index (χ2v) is 7.47. The lowest BCUT2D eigenvalue weighted by atomic mass is 10.1. The summed E-state index contributed by atoms with van der Waals surface area (Å²) in [7, 11) is 1.35. The number of methoxy groups -OCH3 is 1. The van der Waals surface area contributed by atoms with Gasteiger partial charge in [0, 0.05) is 23.2 Å². The van der Waals surface area contributed by atoms with E-state index in [1.807, 2.05) is 12.1 Å². The van der Waals surface area contributed by atoms with Crippen molar-refractivity contribution < 1.29 is 9.53 Å². The average molecular weight is 416 g/mol. The number of anilines is 1. The molecule has 0 radical (unpaired) electrons. The number of ether oxygens (including phenoxy) is 1. The Hall–Kier alpha value is -4.14. The summed E-state index contributed by atoms with van der Waals surface area (Å²) in [5.74, 6) is 0.386. The smallest absolute Gasteiger partial charge is 0.337 e. The van der Waals surface area contributed by atoms with Crippen molar-refractivity contribution in [3.05, 3.63) is 68.8 Å². The van der Waals surface area contributed by atoms with Crippen LogP contribution in [0.2, 0.25) is 0 Å². The number of benzene rings is 1. The Morgan fingerprint density at radius 1 is 1.32 bits per heavy atom. The van der Waals surface area contributed by atoms with Gasteiger partial charge >= 0.3 is 5.97 Å². The zero-order valence-corrected chi connectivity index (χ0v) is 16.8. The molecule has 0 atom stereocenters. The summed E-state index contributed by atoms with van der Waals surface area (Å²) in [4.78, 5) is 34.4. The number of nitrogens with zero attached hydrogens (tertiary/aromatic N) is 3. The van der Waals surface area contributed by atoms with Gasteiger partial charge in [-0.1, -0.05) is 18.7 Å². The fraction of sp³-hybridized carbons (Fsp3) is 0.182. The molecule has 31 heavy (non-hydrogen) atoms. The van der Waals surface area contributed by atoms with Gasteiger partial charge < -0.3 is 20.0 Å². The second kappa shape index (κ2) is 7.28. The van der Waals surface area contributed by atoms with Crippen LogP contribution < -0.4 is 21.7 Å². The van der Waals surface area contributed by atoms with Crippen molar-refractivity contribution in [2.45, 2.75) is 18.9 Å². The van der Waals surface area contributed by atoms with Crippen LogP contribution in [0.15, 0.2) is 41.3 Å². The van der Waals surface area contributed by atoms with Gasteiger partial charge in [0.25, 0.3) is 5.56 Å². The van der Waals surface area contributed by atoms with Gasteiger partial charge in [0.2, 0.25) is 0 Å². The zero-order valence-electron chi connectivity index (χ0n) is 16.8. The molecule has 0 unspecified atom stereocenters. The monoisotopic (exact) mass is 416 g/mol. The molecule has 1 fully saturated rings. The van der Waals surface area contributed by atoms with Crippen molar-refractivity contribution in [1.82, 2.24) is 24.6 Å². The van der Waals surface area contributed by atoms with Crippen LogP contribution in [0.3, 0.4) is 0 Å². The lowest BCUT2D eigenvalue weighted by Crippen LogP contribution is -2.22. The predicted octanol–water partition coefficient (Wildman–Crippen LogP) is 1.01. The molecular weight excluding hydrogens is 396 g/mol. The second-order valence-electron chi connectivity index (χ2n) is 7.47. The molecule has 0 amide bonds. The van der Waals surface area contributed by atoms with Crippen molar-refractivity contribution in [1.29, 1.82) is 0 Å². The minimum absolute atomic E-state index is 0.261. The molecule has 5 rings (SSSR count). The number of hydrogen-bond acceptors (Lipinski definition) is 6. The van der Waals surface area contributed by atoms with Gasteiger partial charge in [-0.25, -0.2) is 9.78 Å². The Morgan fingerprint density at radius 2 is 2.16 bits per heavy atom. The van der Waals surface area contributed by atoms with Crippen LogP contribution in [0.1, 0.15) is 28.8 Å². The molecule has 0 bridgehead atoms. The maximum Gasteiger partial charge on any atom is 0.337 e. The molecule has 1 aliphatic rings. The van der Waals surface area contributed by atoms with Crippen LogP contribution in [0.25, 0.3) is 29.6 Å². The van der Waals surface area contributed by atoms with Gasteiger partial charge in [-0.15, -0.1) is 0 Å². The third kappa shape index (κ3) is 3.61. The molecule has 0 aliphatic heterocycles. The Labute approximate surface area is 176 Å². The molecule has 9 nitrogen and oxygen atoms in total. The molecule has 0 saturated heterocycles. The number of carbonyl (C=O) groups excluding carboxylic acids is 1.